The van der Waals surface area contributed by atoms with Crippen molar-refractivity contribution in [1.82, 2.24) is 4.90 Å². The monoisotopic (exact) mass is 314 g/mol. The molecule has 4 nitrogen and oxygen atoms in total. The summed E-state index contributed by atoms with van der Waals surface area (Å²) >= 11 is 0. The van der Waals surface area contributed by atoms with Crippen molar-refractivity contribution in [3.05, 3.63) is 29.8 Å². The highest BCUT2D eigenvalue weighted by Gasteiger charge is 2.37. The van der Waals surface area contributed by atoms with E-state index in [0.29, 0.717) is 13.0 Å². The fourth-order valence-electron chi connectivity index (χ4n) is 3.58. The second-order valence-corrected chi connectivity index (χ2v) is 6.66. The van der Waals surface area contributed by atoms with Gasteiger partial charge in [-0.1, -0.05) is 31.9 Å². The van der Waals surface area contributed by atoms with Crippen LogP contribution in [0.4, 0.5) is 5.69 Å². The SMILES string of the molecule is CCc1ccc(N2C[C@@H](C(=O)N3CCCCCC3)CC2=O)cc1. The van der Waals surface area contributed by atoms with Crippen LogP contribution >= 0.6 is 0 Å². The molecule has 0 aliphatic carbocycles. The summed E-state index contributed by atoms with van der Waals surface area (Å²) in [5, 5.41) is 0. The number of hydrogen-bond acceptors (Lipinski definition) is 2. The molecule has 1 aromatic rings. The molecule has 23 heavy (non-hydrogen) atoms. The summed E-state index contributed by atoms with van der Waals surface area (Å²) in [4.78, 5) is 28.8. The molecule has 2 aliphatic rings. The number of rotatable bonds is 3. The maximum absolute atomic E-state index is 12.7. The van der Waals surface area contributed by atoms with Gasteiger partial charge in [-0.05, 0) is 37.0 Å². The average molecular weight is 314 g/mol. The number of benzene rings is 1. The summed E-state index contributed by atoms with van der Waals surface area (Å²) in [6.45, 7) is 4.36. The lowest BCUT2D eigenvalue weighted by Crippen LogP contribution is -2.38. The molecule has 2 heterocycles. The molecule has 1 atom stereocenters. The molecule has 3 rings (SSSR count). The van der Waals surface area contributed by atoms with Crippen LogP contribution in [0.2, 0.25) is 0 Å². The highest BCUT2D eigenvalue weighted by Crippen LogP contribution is 2.27. The van der Waals surface area contributed by atoms with Crippen LogP contribution in [0.5, 0.6) is 0 Å². The zero-order valence-corrected chi connectivity index (χ0v) is 14.0. The molecule has 4 heteroatoms. The predicted octanol–water partition coefficient (Wildman–Crippen LogP) is 3.00. The van der Waals surface area contributed by atoms with E-state index in [9.17, 15) is 9.59 Å². The van der Waals surface area contributed by atoms with E-state index in [0.717, 1.165) is 38.0 Å². The number of carbonyl (C=O) groups excluding carboxylic acids is 2. The van der Waals surface area contributed by atoms with E-state index in [-0.39, 0.29) is 17.7 Å². The van der Waals surface area contributed by atoms with E-state index >= 15 is 0 Å². The first kappa shape index (κ1) is 16.0. The first-order valence-corrected chi connectivity index (χ1v) is 8.87. The van der Waals surface area contributed by atoms with Gasteiger partial charge in [0.15, 0.2) is 0 Å². The zero-order valence-electron chi connectivity index (χ0n) is 14.0. The lowest BCUT2D eigenvalue weighted by atomic mass is 10.1. The van der Waals surface area contributed by atoms with Gasteiger partial charge in [-0.15, -0.1) is 0 Å². The van der Waals surface area contributed by atoms with Crippen LogP contribution in [0.3, 0.4) is 0 Å². The Morgan fingerprint density at radius 2 is 1.74 bits per heavy atom. The second-order valence-electron chi connectivity index (χ2n) is 6.66. The molecular weight excluding hydrogens is 288 g/mol. The summed E-state index contributed by atoms with van der Waals surface area (Å²) < 4.78 is 0. The third kappa shape index (κ3) is 3.57. The normalized spacial score (nSPS) is 22.3. The summed E-state index contributed by atoms with van der Waals surface area (Å²) in [6, 6.07) is 8.12. The fourth-order valence-corrected chi connectivity index (χ4v) is 3.58. The van der Waals surface area contributed by atoms with Crippen molar-refractivity contribution in [3.63, 3.8) is 0 Å². The van der Waals surface area contributed by atoms with Crippen molar-refractivity contribution in [1.29, 1.82) is 0 Å². The van der Waals surface area contributed by atoms with E-state index in [1.165, 1.54) is 18.4 Å². The van der Waals surface area contributed by atoms with Crippen molar-refractivity contribution < 1.29 is 9.59 Å². The van der Waals surface area contributed by atoms with Crippen molar-refractivity contribution in [2.45, 2.75) is 45.4 Å². The first-order valence-electron chi connectivity index (χ1n) is 8.87. The van der Waals surface area contributed by atoms with Gasteiger partial charge in [-0.2, -0.15) is 0 Å². The maximum atomic E-state index is 12.7. The minimum absolute atomic E-state index is 0.0717. The number of hydrogen-bond donors (Lipinski definition) is 0. The standard InChI is InChI=1S/C19H26N2O2/c1-2-15-7-9-17(10-8-15)21-14-16(13-18(21)22)19(23)20-11-5-3-4-6-12-20/h7-10,16H,2-6,11-14H2,1H3/t16-/m0/s1. The number of nitrogens with zero attached hydrogens (tertiary/aromatic N) is 2. The number of aryl methyl sites for hydroxylation is 1. The van der Waals surface area contributed by atoms with Gasteiger partial charge in [0.2, 0.25) is 11.8 Å². The van der Waals surface area contributed by atoms with Crippen molar-refractivity contribution in [3.8, 4) is 0 Å². The highest BCUT2D eigenvalue weighted by atomic mass is 16.2. The number of likely N-dealkylation sites (tertiary alicyclic amines) is 1. The van der Waals surface area contributed by atoms with Gasteiger partial charge in [0.1, 0.15) is 0 Å². The van der Waals surface area contributed by atoms with E-state index in [4.69, 9.17) is 0 Å². The van der Waals surface area contributed by atoms with Crippen LogP contribution in [0, 0.1) is 5.92 Å². The molecule has 2 amide bonds. The van der Waals surface area contributed by atoms with Gasteiger partial charge in [-0.3, -0.25) is 9.59 Å². The molecule has 124 valence electrons. The molecule has 2 saturated heterocycles. The largest absolute Gasteiger partial charge is 0.342 e. The van der Waals surface area contributed by atoms with Crippen molar-refractivity contribution >= 4 is 17.5 Å². The van der Waals surface area contributed by atoms with E-state index in [1.54, 1.807) is 4.90 Å². The maximum Gasteiger partial charge on any atom is 0.228 e. The Bertz CT molecular complexity index is 559. The smallest absolute Gasteiger partial charge is 0.228 e. The quantitative estimate of drug-likeness (QED) is 0.860. The molecule has 0 unspecified atom stereocenters. The fraction of sp³-hybridized carbons (Fsp3) is 0.579. The molecule has 0 aromatic heterocycles. The zero-order chi connectivity index (χ0) is 16.2. The molecule has 0 bridgehead atoms. The predicted molar refractivity (Wildman–Crippen MR) is 91.3 cm³/mol. The number of amides is 2. The van der Waals surface area contributed by atoms with E-state index in [2.05, 4.69) is 19.1 Å². The third-order valence-corrected chi connectivity index (χ3v) is 5.05. The minimum atomic E-state index is -0.175. The van der Waals surface area contributed by atoms with Crippen LogP contribution in [0.1, 0.15) is 44.6 Å². The lowest BCUT2D eigenvalue weighted by Gasteiger charge is -2.24. The Kier molecular flexibility index (Phi) is 4.99. The third-order valence-electron chi connectivity index (χ3n) is 5.05. The Balaban J connectivity index is 1.67. The Morgan fingerprint density at radius 3 is 2.35 bits per heavy atom. The highest BCUT2D eigenvalue weighted by molar-refractivity contribution is 6.00. The molecule has 0 radical (unpaired) electrons. The van der Waals surface area contributed by atoms with Crippen LogP contribution < -0.4 is 4.90 Å². The number of anilines is 1. The van der Waals surface area contributed by atoms with Crippen molar-refractivity contribution in [2.24, 2.45) is 5.92 Å². The van der Waals surface area contributed by atoms with Crippen LogP contribution in [0.15, 0.2) is 24.3 Å². The molecule has 1 aromatic carbocycles. The summed E-state index contributed by atoms with van der Waals surface area (Å²) in [5.41, 5.74) is 2.18. The summed E-state index contributed by atoms with van der Waals surface area (Å²) in [7, 11) is 0. The van der Waals surface area contributed by atoms with Gasteiger partial charge < -0.3 is 9.80 Å². The molecule has 2 fully saturated rings. The Morgan fingerprint density at radius 1 is 1.09 bits per heavy atom. The first-order chi connectivity index (χ1) is 11.2. The molecule has 0 saturated carbocycles. The van der Waals surface area contributed by atoms with Gasteiger partial charge in [0.05, 0.1) is 5.92 Å². The topological polar surface area (TPSA) is 40.6 Å². The second kappa shape index (κ2) is 7.16. The molecule has 0 N–H and O–H groups in total. The average Bonchev–Trinajstić information content (AvgIpc) is 2.79. The van der Waals surface area contributed by atoms with Gasteiger partial charge in [0, 0.05) is 31.7 Å². The summed E-state index contributed by atoms with van der Waals surface area (Å²) in [6.07, 6.45) is 5.95. The Labute approximate surface area is 138 Å². The van der Waals surface area contributed by atoms with Crippen LogP contribution in [0.25, 0.3) is 0 Å². The number of carbonyl (C=O) groups is 2. The molecule has 2 aliphatic heterocycles. The minimum Gasteiger partial charge on any atom is -0.342 e. The van der Waals surface area contributed by atoms with E-state index < -0.39 is 0 Å². The Hall–Kier alpha value is -1.84. The lowest BCUT2D eigenvalue weighted by molar-refractivity contribution is -0.135. The molecule has 0 spiro atoms. The van der Waals surface area contributed by atoms with Gasteiger partial charge in [-0.25, -0.2) is 0 Å². The van der Waals surface area contributed by atoms with E-state index in [1.807, 2.05) is 17.0 Å². The van der Waals surface area contributed by atoms with Gasteiger partial charge >= 0.3 is 0 Å². The van der Waals surface area contributed by atoms with Crippen LogP contribution in [-0.2, 0) is 16.0 Å². The van der Waals surface area contributed by atoms with Crippen molar-refractivity contribution in [2.75, 3.05) is 24.5 Å². The van der Waals surface area contributed by atoms with Gasteiger partial charge in [0.25, 0.3) is 0 Å². The van der Waals surface area contributed by atoms with Crippen LogP contribution in [-0.4, -0.2) is 36.3 Å². The summed E-state index contributed by atoms with van der Waals surface area (Å²) in [5.74, 6) is 0.0711. The molecular formula is C19H26N2O2.